The Balaban J connectivity index is 1.40. The van der Waals surface area contributed by atoms with E-state index in [1.54, 1.807) is 16.7 Å². The van der Waals surface area contributed by atoms with Crippen molar-refractivity contribution in [3.05, 3.63) is 66.2 Å². The van der Waals surface area contributed by atoms with Gasteiger partial charge in [0.2, 0.25) is 17.7 Å². The lowest BCUT2D eigenvalue weighted by Crippen LogP contribution is -2.53. The lowest BCUT2D eigenvalue weighted by molar-refractivity contribution is -0.139. The first-order chi connectivity index (χ1) is 17.0. The number of fused-ring (bicyclic) bond motifs is 1. The first-order valence-electron chi connectivity index (χ1n) is 12.3. The van der Waals surface area contributed by atoms with Crippen LogP contribution in [0.3, 0.4) is 0 Å². The zero-order valence-electron chi connectivity index (χ0n) is 19.6. The molecule has 2 aromatic carbocycles. The molecule has 0 aromatic heterocycles. The van der Waals surface area contributed by atoms with Crippen LogP contribution in [0.1, 0.15) is 31.2 Å². The topological polar surface area (TPSA) is 98.7 Å². The Hall–Kier alpha value is -2.84. The van der Waals surface area contributed by atoms with Crippen LogP contribution in [0.25, 0.3) is 0 Å². The van der Waals surface area contributed by atoms with E-state index in [-0.39, 0.29) is 29.6 Å². The number of anilines is 1. The second kappa shape index (κ2) is 10.0. The number of nitrogens with one attached hydrogen (secondary N) is 2. The molecular formula is C27H31N3O4S. The van der Waals surface area contributed by atoms with Crippen molar-refractivity contribution in [2.45, 2.75) is 48.3 Å². The van der Waals surface area contributed by atoms with E-state index >= 15 is 0 Å². The van der Waals surface area contributed by atoms with Crippen molar-refractivity contribution in [1.29, 1.82) is 0 Å². The molecule has 0 radical (unpaired) electrons. The van der Waals surface area contributed by atoms with Gasteiger partial charge in [0.15, 0.2) is 0 Å². The van der Waals surface area contributed by atoms with Crippen LogP contribution in [0.15, 0.2) is 60.7 Å². The molecule has 8 heteroatoms. The fraction of sp³-hybridized carbons (Fsp3) is 0.444. The molecule has 3 N–H and O–H groups in total. The minimum Gasteiger partial charge on any atom is -0.396 e. The molecule has 2 bridgehead atoms. The number of hydrogen-bond donors (Lipinski definition) is 3. The van der Waals surface area contributed by atoms with Gasteiger partial charge in [0, 0.05) is 30.6 Å². The lowest BCUT2D eigenvalue weighted by Gasteiger charge is -2.34. The molecule has 3 aliphatic heterocycles. The zero-order valence-corrected chi connectivity index (χ0v) is 20.4. The van der Waals surface area contributed by atoms with Gasteiger partial charge in [-0.05, 0) is 43.4 Å². The summed E-state index contributed by atoms with van der Waals surface area (Å²) in [6, 6.07) is 18.4. The molecule has 3 fully saturated rings. The van der Waals surface area contributed by atoms with Gasteiger partial charge in [-0.1, -0.05) is 48.5 Å². The summed E-state index contributed by atoms with van der Waals surface area (Å²) in [4.78, 5) is 42.6. The summed E-state index contributed by atoms with van der Waals surface area (Å²) in [5.74, 6) is -1.39. The summed E-state index contributed by atoms with van der Waals surface area (Å²) in [6.45, 7) is 0.835. The maximum Gasteiger partial charge on any atom is 0.244 e. The van der Waals surface area contributed by atoms with Gasteiger partial charge in [0.1, 0.15) is 6.04 Å². The number of rotatable bonds is 9. The maximum absolute atomic E-state index is 13.8. The fourth-order valence-electron chi connectivity index (χ4n) is 6.02. The van der Waals surface area contributed by atoms with Crippen molar-refractivity contribution in [3.8, 4) is 0 Å². The average Bonchev–Trinajstić information content (AvgIpc) is 3.51. The number of benzene rings is 2. The molecule has 184 valence electrons. The fourth-order valence-corrected chi connectivity index (χ4v) is 8.24. The SMILES string of the molecule is O=C(NCc1ccccc1)C1N(CCCCO)C(=O)[C@@H]2[C@H](C(=O)Nc3ccccc3)[C@@H]3CCC12S3. The van der Waals surface area contributed by atoms with E-state index in [4.69, 9.17) is 0 Å². The first kappa shape index (κ1) is 23.9. The van der Waals surface area contributed by atoms with Crippen molar-refractivity contribution < 1.29 is 19.5 Å². The Bertz CT molecular complexity index is 1080. The highest BCUT2D eigenvalue weighted by atomic mass is 32.2. The number of unbranched alkanes of at least 4 members (excludes halogenated alkanes) is 1. The van der Waals surface area contributed by atoms with Crippen LogP contribution in [0.5, 0.6) is 0 Å². The lowest BCUT2D eigenvalue weighted by atomic mass is 9.70. The summed E-state index contributed by atoms with van der Waals surface area (Å²) in [6.07, 6.45) is 2.73. The van der Waals surface area contributed by atoms with E-state index in [0.717, 1.165) is 18.4 Å². The van der Waals surface area contributed by atoms with Crippen molar-refractivity contribution in [1.82, 2.24) is 10.2 Å². The summed E-state index contributed by atoms with van der Waals surface area (Å²) < 4.78 is -0.597. The van der Waals surface area contributed by atoms with E-state index in [2.05, 4.69) is 10.6 Å². The van der Waals surface area contributed by atoms with Crippen molar-refractivity contribution in [2.24, 2.45) is 11.8 Å². The van der Waals surface area contributed by atoms with E-state index in [1.165, 1.54) is 0 Å². The quantitative estimate of drug-likeness (QED) is 0.467. The van der Waals surface area contributed by atoms with Crippen LogP contribution in [-0.4, -0.2) is 56.9 Å². The number of amides is 3. The Morgan fingerprint density at radius 3 is 2.46 bits per heavy atom. The highest BCUT2D eigenvalue weighted by molar-refractivity contribution is 8.02. The number of carbonyl (C=O) groups is 3. The third-order valence-corrected chi connectivity index (χ3v) is 9.46. The van der Waals surface area contributed by atoms with Gasteiger partial charge in [-0.25, -0.2) is 0 Å². The molecule has 0 saturated carbocycles. The van der Waals surface area contributed by atoms with Gasteiger partial charge in [-0.15, -0.1) is 11.8 Å². The minimum atomic E-state index is -0.619. The van der Waals surface area contributed by atoms with Crippen LogP contribution < -0.4 is 10.6 Å². The van der Waals surface area contributed by atoms with Crippen LogP contribution in [0.4, 0.5) is 5.69 Å². The molecule has 5 rings (SSSR count). The van der Waals surface area contributed by atoms with E-state index in [1.807, 2.05) is 60.7 Å². The standard InChI is InChI=1S/C27H31N3O4S/c31-16-8-7-15-30-23(25(33)28-17-18-9-3-1-4-10-18)27-14-13-20(35-27)21(22(27)26(30)34)24(32)29-19-11-5-2-6-12-19/h1-6,9-12,20-23,31H,7-8,13-17H2,(H,28,33)(H,29,32)/t20-,21+,22-,23?,27?/m0/s1. The predicted octanol–water partition coefficient (Wildman–Crippen LogP) is 2.81. The molecule has 1 spiro atoms. The van der Waals surface area contributed by atoms with Gasteiger partial charge < -0.3 is 20.6 Å². The molecule has 3 heterocycles. The monoisotopic (exact) mass is 493 g/mol. The van der Waals surface area contributed by atoms with Crippen LogP contribution >= 0.6 is 11.8 Å². The third-order valence-electron chi connectivity index (χ3n) is 7.51. The number of aliphatic hydroxyl groups excluding tert-OH is 1. The average molecular weight is 494 g/mol. The molecule has 7 nitrogen and oxygen atoms in total. The highest BCUT2D eigenvalue weighted by Gasteiger charge is 2.73. The number of likely N-dealkylation sites (tertiary alicyclic amines) is 1. The smallest absolute Gasteiger partial charge is 0.244 e. The molecule has 5 atom stereocenters. The number of nitrogens with zero attached hydrogens (tertiary/aromatic N) is 1. The minimum absolute atomic E-state index is 0.0247. The van der Waals surface area contributed by atoms with E-state index < -0.39 is 22.6 Å². The van der Waals surface area contributed by atoms with Gasteiger partial charge in [-0.2, -0.15) is 0 Å². The molecule has 0 aliphatic carbocycles. The Morgan fingerprint density at radius 1 is 1.03 bits per heavy atom. The summed E-state index contributed by atoms with van der Waals surface area (Å²) in [7, 11) is 0. The Labute approximate surface area is 209 Å². The third kappa shape index (κ3) is 4.34. The largest absolute Gasteiger partial charge is 0.396 e. The summed E-state index contributed by atoms with van der Waals surface area (Å²) in [5, 5.41) is 15.4. The first-order valence-corrected chi connectivity index (χ1v) is 13.2. The molecular weight excluding hydrogens is 462 g/mol. The predicted molar refractivity (Wildman–Crippen MR) is 136 cm³/mol. The number of hydrogen-bond acceptors (Lipinski definition) is 5. The summed E-state index contributed by atoms with van der Waals surface area (Å²) in [5.41, 5.74) is 1.70. The molecule has 2 unspecified atom stereocenters. The van der Waals surface area contributed by atoms with Crippen LogP contribution in [0, 0.1) is 11.8 Å². The molecule has 3 aliphatic rings. The normalized spacial score (nSPS) is 28.7. The molecule has 3 saturated heterocycles. The van der Waals surface area contributed by atoms with Crippen molar-refractivity contribution in [2.75, 3.05) is 18.5 Å². The van der Waals surface area contributed by atoms with E-state index in [9.17, 15) is 19.5 Å². The molecule has 35 heavy (non-hydrogen) atoms. The van der Waals surface area contributed by atoms with Gasteiger partial charge in [0.05, 0.1) is 16.6 Å². The highest BCUT2D eigenvalue weighted by Crippen LogP contribution is 2.66. The Kier molecular flexibility index (Phi) is 6.84. The van der Waals surface area contributed by atoms with Gasteiger partial charge in [-0.3, -0.25) is 14.4 Å². The van der Waals surface area contributed by atoms with Gasteiger partial charge in [0.25, 0.3) is 0 Å². The van der Waals surface area contributed by atoms with Gasteiger partial charge >= 0.3 is 0 Å². The van der Waals surface area contributed by atoms with Crippen molar-refractivity contribution in [3.63, 3.8) is 0 Å². The van der Waals surface area contributed by atoms with Crippen LogP contribution in [0.2, 0.25) is 0 Å². The number of carbonyl (C=O) groups excluding carboxylic acids is 3. The maximum atomic E-state index is 13.8. The number of para-hydroxylation sites is 1. The van der Waals surface area contributed by atoms with Crippen molar-refractivity contribution >= 4 is 35.2 Å². The number of thioether (sulfide) groups is 1. The molecule has 3 amide bonds. The second-order valence-corrected chi connectivity index (χ2v) is 11.2. The number of aliphatic hydroxyl groups is 1. The zero-order chi connectivity index (χ0) is 24.4. The van der Waals surface area contributed by atoms with E-state index in [0.29, 0.717) is 31.6 Å². The summed E-state index contributed by atoms with van der Waals surface area (Å²) >= 11 is 1.67. The van der Waals surface area contributed by atoms with Crippen LogP contribution in [-0.2, 0) is 20.9 Å². The Morgan fingerprint density at radius 2 is 1.74 bits per heavy atom. The molecule has 2 aromatic rings. The second-order valence-electron chi connectivity index (χ2n) is 9.58.